The van der Waals surface area contributed by atoms with Crippen LogP contribution in [0, 0.1) is 0 Å². The zero-order valence-corrected chi connectivity index (χ0v) is 8.64. The molecule has 0 fully saturated rings. The molecule has 13 heavy (non-hydrogen) atoms. The van der Waals surface area contributed by atoms with Crippen molar-refractivity contribution in [3.63, 3.8) is 0 Å². The summed E-state index contributed by atoms with van der Waals surface area (Å²) in [6.45, 7) is 1.78. The lowest BCUT2D eigenvalue weighted by Gasteiger charge is -2.08. The molecule has 0 aromatic heterocycles. The molecule has 0 bridgehead atoms. The van der Waals surface area contributed by atoms with Gasteiger partial charge in [0.1, 0.15) is 0 Å². The van der Waals surface area contributed by atoms with Crippen molar-refractivity contribution in [2.45, 2.75) is 13.0 Å². The molecular weight excluding hydrogens is 180 g/mol. The van der Waals surface area contributed by atoms with E-state index in [1.807, 2.05) is 30.3 Å². The Balaban J connectivity index is 2.69. The van der Waals surface area contributed by atoms with E-state index in [1.54, 1.807) is 13.0 Å². The molecule has 0 spiro atoms. The fraction of sp³-hybridized carbons (Fsp3) is 0.200. The van der Waals surface area contributed by atoms with Crippen LogP contribution in [-0.2, 0) is 0 Å². The van der Waals surface area contributed by atoms with Crippen molar-refractivity contribution in [1.29, 1.82) is 0 Å². The average Bonchev–Trinajstić information content (AvgIpc) is 2.17. The van der Waals surface area contributed by atoms with Crippen LogP contribution in [-0.4, -0.2) is 18.2 Å². The Morgan fingerprint density at radius 3 is 2.38 bits per heavy atom. The Labute approximate surface area is 79.4 Å². The van der Waals surface area contributed by atoms with E-state index < -0.39 is 8.56 Å². The third-order valence-corrected chi connectivity index (χ3v) is 3.60. The van der Waals surface area contributed by atoms with E-state index in [9.17, 15) is 9.59 Å². The van der Waals surface area contributed by atoms with E-state index in [-0.39, 0.29) is 0 Å². The molecule has 0 aliphatic rings. The van der Waals surface area contributed by atoms with Crippen molar-refractivity contribution in [1.82, 2.24) is 0 Å². The fourth-order valence-electron chi connectivity index (χ4n) is 0.912. The van der Waals surface area contributed by atoms with E-state index in [2.05, 4.69) is 0 Å². The lowest BCUT2D eigenvalue weighted by Crippen LogP contribution is -2.30. The first-order valence-electron chi connectivity index (χ1n) is 4.33. The molecule has 0 heterocycles. The maximum atomic E-state index is 9.39. The second kappa shape index (κ2) is 4.37. The Hall–Kier alpha value is -0.903. The highest BCUT2D eigenvalue weighted by atomic mass is 28.4. The Kier molecular flexibility index (Phi) is 3.42. The van der Waals surface area contributed by atoms with Crippen molar-refractivity contribution >= 4 is 14.6 Å². The predicted molar refractivity (Wildman–Crippen MR) is 56.1 cm³/mol. The summed E-state index contributed by atoms with van der Waals surface area (Å²) in [5.74, 6) is 0. The quantitative estimate of drug-likeness (QED) is 0.719. The highest BCUT2D eigenvalue weighted by Crippen LogP contribution is 2.07. The van der Waals surface area contributed by atoms with Gasteiger partial charge in [-0.1, -0.05) is 43.3 Å². The third kappa shape index (κ3) is 3.54. The molecule has 0 radical (unpaired) electrons. The lowest BCUT2D eigenvalue weighted by molar-refractivity contribution is 0.381. The number of hydrogen-bond acceptors (Lipinski definition) is 2. The highest BCUT2D eigenvalue weighted by molar-refractivity contribution is 6.70. The van der Waals surface area contributed by atoms with Gasteiger partial charge in [-0.25, -0.2) is 0 Å². The zero-order valence-electron chi connectivity index (χ0n) is 7.64. The average molecular weight is 194 g/mol. The minimum Gasteiger partial charge on any atom is -0.408 e. The summed E-state index contributed by atoms with van der Waals surface area (Å²) in [5.41, 5.74) is 2.53. The van der Waals surface area contributed by atoms with Crippen molar-refractivity contribution in [2.24, 2.45) is 0 Å². The second-order valence-corrected chi connectivity index (χ2v) is 5.77. The van der Waals surface area contributed by atoms with Gasteiger partial charge in [-0.2, -0.15) is 0 Å². The lowest BCUT2D eigenvalue weighted by atomic mass is 10.2. The van der Waals surface area contributed by atoms with Crippen LogP contribution in [0.3, 0.4) is 0 Å². The molecule has 0 aliphatic carbocycles. The monoisotopic (exact) mass is 194 g/mol. The van der Waals surface area contributed by atoms with Crippen LogP contribution in [0.25, 0.3) is 6.08 Å². The molecule has 0 unspecified atom stereocenters. The predicted octanol–water partition coefficient (Wildman–Crippen LogP) is 1.69. The van der Waals surface area contributed by atoms with Crippen molar-refractivity contribution < 1.29 is 9.59 Å². The molecule has 1 rings (SSSR count). The first kappa shape index (κ1) is 10.2. The standard InChI is InChI=1S/C10H14O2Si/c1-2-13(11,12)9-8-10-6-4-3-5-7-10/h3-9,11-12H,2H2,1H3. The van der Waals surface area contributed by atoms with Crippen LogP contribution in [0.15, 0.2) is 36.0 Å². The summed E-state index contributed by atoms with van der Waals surface area (Å²) in [6, 6.07) is 10.1. The molecule has 0 saturated carbocycles. The summed E-state index contributed by atoms with van der Waals surface area (Å²) in [4.78, 5) is 18.8. The van der Waals surface area contributed by atoms with Gasteiger partial charge in [-0.3, -0.25) is 0 Å². The Morgan fingerprint density at radius 2 is 1.85 bits per heavy atom. The van der Waals surface area contributed by atoms with Crippen LogP contribution in [0.5, 0.6) is 0 Å². The van der Waals surface area contributed by atoms with E-state index in [0.29, 0.717) is 6.04 Å². The molecule has 1 aromatic carbocycles. The van der Waals surface area contributed by atoms with Gasteiger partial charge in [0.2, 0.25) is 0 Å². The van der Waals surface area contributed by atoms with Gasteiger partial charge < -0.3 is 9.59 Å². The SMILES string of the molecule is CC[Si](O)(O)C=Cc1ccccc1. The smallest absolute Gasteiger partial charge is 0.359 e. The van der Waals surface area contributed by atoms with Gasteiger partial charge in [0.25, 0.3) is 0 Å². The molecular formula is C10H14O2Si. The van der Waals surface area contributed by atoms with Crippen LogP contribution in [0.1, 0.15) is 12.5 Å². The minimum absolute atomic E-state index is 0.427. The van der Waals surface area contributed by atoms with Gasteiger partial charge in [-0.15, -0.1) is 0 Å². The number of rotatable bonds is 3. The summed E-state index contributed by atoms with van der Waals surface area (Å²) < 4.78 is 0. The summed E-state index contributed by atoms with van der Waals surface area (Å²) in [7, 11) is -3.04. The second-order valence-electron chi connectivity index (χ2n) is 2.98. The number of hydrogen-bond donors (Lipinski definition) is 2. The van der Waals surface area contributed by atoms with Crippen molar-refractivity contribution in [3.05, 3.63) is 41.6 Å². The van der Waals surface area contributed by atoms with E-state index >= 15 is 0 Å². The zero-order chi connectivity index (χ0) is 9.73. The molecule has 3 heteroatoms. The largest absolute Gasteiger partial charge is 0.408 e. The summed E-state index contributed by atoms with van der Waals surface area (Å²) in [6.07, 6.45) is 1.76. The molecule has 2 N–H and O–H groups in total. The fourth-order valence-corrected chi connectivity index (χ4v) is 1.61. The molecule has 1 aromatic rings. The maximum Gasteiger partial charge on any atom is 0.359 e. The van der Waals surface area contributed by atoms with Gasteiger partial charge >= 0.3 is 8.56 Å². The molecule has 0 atom stereocenters. The maximum absolute atomic E-state index is 9.39. The molecule has 2 nitrogen and oxygen atoms in total. The normalized spacial score (nSPS) is 12.2. The van der Waals surface area contributed by atoms with Crippen LogP contribution >= 0.6 is 0 Å². The molecule has 70 valence electrons. The summed E-state index contributed by atoms with van der Waals surface area (Å²) in [5, 5.41) is 0. The van der Waals surface area contributed by atoms with E-state index in [0.717, 1.165) is 5.56 Å². The highest BCUT2D eigenvalue weighted by Gasteiger charge is 2.21. The van der Waals surface area contributed by atoms with Crippen molar-refractivity contribution in [3.8, 4) is 0 Å². The van der Waals surface area contributed by atoms with Gasteiger partial charge in [0, 0.05) is 0 Å². The third-order valence-electron chi connectivity index (χ3n) is 1.86. The summed E-state index contributed by atoms with van der Waals surface area (Å²) >= 11 is 0. The molecule has 0 aliphatic heterocycles. The Morgan fingerprint density at radius 1 is 1.23 bits per heavy atom. The van der Waals surface area contributed by atoms with Crippen molar-refractivity contribution in [2.75, 3.05) is 0 Å². The van der Waals surface area contributed by atoms with E-state index in [4.69, 9.17) is 0 Å². The minimum atomic E-state index is -3.04. The Bertz CT molecular complexity index is 280. The molecule has 0 saturated heterocycles. The van der Waals surface area contributed by atoms with Crippen LogP contribution in [0.4, 0.5) is 0 Å². The van der Waals surface area contributed by atoms with Gasteiger partial charge in [-0.05, 0) is 17.3 Å². The number of benzene rings is 1. The molecule has 0 amide bonds. The van der Waals surface area contributed by atoms with Gasteiger partial charge in [0.15, 0.2) is 0 Å². The first-order chi connectivity index (χ1) is 6.14. The first-order valence-corrected chi connectivity index (χ1v) is 6.51. The van der Waals surface area contributed by atoms with Crippen LogP contribution in [0.2, 0.25) is 6.04 Å². The van der Waals surface area contributed by atoms with E-state index in [1.165, 1.54) is 5.70 Å². The topological polar surface area (TPSA) is 40.5 Å². The van der Waals surface area contributed by atoms with Gasteiger partial charge in [0.05, 0.1) is 0 Å². The van der Waals surface area contributed by atoms with Crippen LogP contribution < -0.4 is 0 Å².